The third-order valence-electron chi connectivity index (χ3n) is 1.95. The van der Waals surface area contributed by atoms with Gasteiger partial charge in [-0.25, -0.2) is 4.98 Å². The Kier molecular flexibility index (Phi) is 7.49. The predicted octanol–water partition coefficient (Wildman–Crippen LogP) is 1.53. The number of carbonyl (C=O) groups is 1. The topological polar surface area (TPSA) is 54.0 Å². The zero-order chi connectivity index (χ0) is 9.80. The smallest absolute Gasteiger partial charge is 0.243 e. The summed E-state index contributed by atoms with van der Waals surface area (Å²) in [7, 11) is 0. The molecule has 0 saturated carbocycles. The molecule has 1 aromatic heterocycles. The number of anilines is 1. The maximum Gasteiger partial charge on any atom is 0.243 e. The van der Waals surface area contributed by atoms with Crippen LogP contribution in [-0.4, -0.2) is 28.6 Å². The molecule has 1 unspecified atom stereocenters. The molecule has 4 nitrogen and oxygen atoms in total. The molecule has 2 heterocycles. The van der Waals surface area contributed by atoms with Crippen molar-refractivity contribution >= 4 is 48.3 Å². The van der Waals surface area contributed by atoms with Gasteiger partial charge < -0.3 is 5.32 Å². The van der Waals surface area contributed by atoms with Gasteiger partial charge in [0.1, 0.15) is 5.82 Å². The highest BCUT2D eigenvalue weighted by Gasteiger charge is 2.22. The predicted molar refractivity (Wildman–Crippen MR) is 71.6 cm³/mol. The minimum atomic E-state index is -0.0815. The summed E-state index contributed by atoms with van der Waals surface area (Å²) in [5.41, 5.74) is 0. The fourth-order valence-electron chi connectivity index (χ4n) is 1.21. The van der Waals surface area contributed by atoms with E-state index in [2.05, 4.69) is 15.6 Å². The number of thioether (sulfide) groups is 1. The van der Waals surface area contributed by atoms with Crippen LogP contribution in [0.3, 0.4) is 0 Å². The van der Waals surface area contributed by atoms with Gasteiger partial charge in [0.2, 0.25) is 5.91 Å². The molecular formula is C9H13Cl2N3OS. The van der Waals surface area contributed by atoms with Crippen molar-refractivity contribution in [2.45, 2.75) is 6.04 Å². The van der Waals surface area contributed by atoms with Crippen molar-refractivity contribution in [3.63, 3.8) is 0 Å². The molecule has 7 heteroatoms. The minimum Gasteiger partial charge on any atom is -0.309 e. The molecule has 1 aliphatic rings. The number of nitrogens with zero attached hydrogens (tertiary/aromatic N) is 1. The third kappa shape index (κ3) is 4.17. The highest BCUT2D eigenvalue weighted by Crippen LogP contribution is 2.11. The summed E-state index contributed by atoms with van der Waals surface area (Å²) in [5.74, 6) is 2.28. The molecule has 0 aromatic carbocycles. The maximum atomic E-state index is 11.6. The van der Waals surface area contributed by atoms with Crippen LogP contribution in [0.2, 0.25) is 0 Å². The third-order valence-corrected chi connectivity index (χ3v) is 2.89. The van der Waals surface area contributed by atoms with Gasteiger partial charge in [0, 0.05) is 17.8 Å². The van der Waals surface area contributed by atoms with E-state index in [-0.39, 0.29) is 36.8 Å². The van der Waals surface area contributed by atoms with Crippen LogP contribution in [-0.2, 0) is 4.79 Å². The van der Waals surface area contributed by atoms with Gasteiger partial charge in [-0.2, -0.15) is 0 Å². The highest BCUT2D eigenvalue weighted by atomic mass is 35.5. The van der Waals surface area contributed by atoms with E-state index in [1.807, 2.05) is 12.1 Å². The van der Waals surface area contributed by atoms with E-state index in [4.69, 9.17) is 0 Å². The summed E-state index contributed by atoms with van der Waals surface area (Å²) in [6, 6.07) is 5.36. The van der Waals surface area contributed by atoms with E-state index >= 15 is 0 Å². The molecule has 0 bridgehead atoms. The number of hydrogen-bond acceptors (Lipinski definition) is 4. The number of halogens is 2. The van der Waals surface area contributed by atoms with Gasteiger partial charge in [-0.3, -0.25) is 10.1 Å². The van der Waals surface area contributed by atoms with Crippen molar-refractivity contribution in [1.29, 1.82) is 0 Å². The summed E-state index contributed by atoms with van der Waals surface area (Å²) >= 11 is 1.73. The monoisotopic (exact) mass is 281 g/mol. The molecule has 16 heavy (non-hydrogen) atoms. The highest BCUT2D eigenvalue weighted by molar-refractivity contribution is 7.99. The van der Waals surface area contributed by atoms with E-state index in [0.29, 0.717) is 5.82 Å². The number of pyridine rings is 1. The molecule has 1 fully saturated rings. The Bertz CT molecular complexity index is 320. The summed E-state index contributed by atoms with van der Waals surface area (Å²) in [5, 5.41) is 5.86. The summed E-state index contributed by atoms with van der Waals surface area (Å²) in [4.78, 5) is 15.6. The molecule has 1 aromatic rings. The van der Waals surface area contributed by atoms with Crippen LogP contribution in [0.4, 0.5) is 5.82 Å². The largest absolute Gasteiger partial charge is 0.309 e. The van der Waals surface area contributed by atoms with Crippen LogP contribution in [0, 0.1) is 0 Å². The normalized spacial score (nSPS) is 18.1. The number of carbonyl (C=O) groups excluding carboxylic acids is 1. The fourth-order valence-corrected chi connectivity index (χ4v) is 2.16. The standard InChI is InChI=1S/C9H11N3OS.2ClH/c13-9(7-5-14-6-11-7)12-8-3-1-2-4-10-8;;/h1-4,7,11H,5-6H2,(H,10,12,13);2*1H. The molecule has 1 saturated heterocycles. The Morgan fingerprint density at radius 1 is 1.50 bits per heavy atom. The van der Waals surface area contributed by atoms with Crippen molar-refractivity contribution in [3.8, 4) is 0 Å². The van der Waals surface area contributed by atoms with Gasteiger partial charge in [-0.05, 0) is 12.1 Å². The molecular weight excluding hydrogens is 269 g/mol. The van der Waals surface area contributed by atoms with Gasteiger partial charge in [-0.15, -0.1) is 36.6 Å². The Labute approximate surface area is 111 Å². The van der Waals surface area contributed by atoms with Crippen molar-refractivity contribution in [3.05, 3.63) is 24.4 Å². The summed E-state index contributed by atoms with van der Waals surface area (Å²) < 4.78 is 0. The SMILES string of the molecule is Cl.Cl.O=C(Nc1ccccn1)C1CSCN1. The lowest BCUT2D eigenvalue weighted by atomic mass is 10.3. The number of aromatic nitrogens is 1. The second-order valence-corrected chi connectivity index (χ2v) is 4.01. The average molecular weight is 282 g/mol. The number of nitrogens with one attached hydrogen (secondary N) is 2. The molecule has 1 aliphatic heterocycles. The molecule has 0 spiro atoms. The van der Waals surface area contributed by atoms with Crippen LogP contribution in [0.15, 0.2) is 24.4 Å². The first kappa shape index (κ1) is 15.5. The first-order chi connectivity index (χ1) is 6.86. The van der Waals surface area contributed by atoms with Crippen molar-refractivity contribution < 1.29 is 4.79 Å². The van der Waals surface area contributed by atoms with Crippen molar-refractivity contribution in [2.75, 3.05) is 16.9 Å². The van der Waals surface area contributed by atoms with Crippen LogP contribution in [0.5, 0.6) is 0 Å². The molecule has 1 atom stereocenters. The second kappa shape index (κ2) is 7.73. The average Bonchev–Trinajstić information content (AvgIpc) is 2.72. The van der Waals surface area contributed by atoms with Crippen LogP contribution < -0.4 is 10.6 Å². The Hall–Kier alpha value is -0.490. The quantitative estimate of drug-likeness (QED) is 0.863. The van der Waals surface area contributed by atoms with Gasteiger partial charge in [-0.1, -0.05) is 6.07 Å². The number of rotatable bonds is 2. The van der Waals surface area contributed by atoms with Crippen LogP contribution >= 0.6 is 36.6 Å². The lowest BCUT2D eigenvalue weighted by Crippen LogP contribution is -2.37. The Morgan fingerprint density at radius 3 is 2.88 bits per heavy atom. The first-order valence-electron chi connectivity index (χ1n) is 4.39. The molecule has 2 rings (SSSR count). The second-order valence-electron chi connectivity index (χ2n) is 2.98. The molecule has 0 aliphatic carbocycles. The van der Waals surface area contributed by atoms with E-state index < -0.39 is 0 Å². The van der Waals surface area contributed by atoms with E-state index in [9.17, 15) is 4.79 Å². The van der Waals surface area contributed by atoms with Crippen LogP contribution in [0.25, 0.3) is 0 Å². The van der Waals surface area contributed by atoms with Gasteiger partial charge in [0.15, 0.2) is 0 Å². The van der Waals surface area contributed by atoms with Gasteiger partial charge in [0.05, 0.1) is 6.04 Å². The van der Waals surface area contributed by atoms with Crippen molar-refractivity contribution in [1.82, 2.24) is 10.3 Å². The maximum absolute atomic E-state index is 11.6. The van der Waals surface area contributed by atoms with Crippen LogP contribution in [0.1, 0.15) is 0 Å². The summed E-state index contributed by atoms with van der Waals surface area (Å²) in [6.07, 6.45) is 1.66. The summed E-state index contributed by atoms with van der Waals surface area (Å²) in [6.45, 7) is 0. The minimum absolute atomic E-state index is 0. The molecule has 90 valence electrons. The number of hydrogen-bond donors (Lipinski definition) is 2. The van der Waals surface area contributed by atoms with Gasteiger partial charge >= 0.3 is 0 Å². The lowest BCUT2D eigenvalue weighted by molar-refractivity contribution is -0.117. The van der Waals surface area contributed by atoms with E-state index in [1.165, 1.54) is 0 Å². The molecule has 0 radical (unpaired) electrons. The lowest BCUT2D eigenvalue weighted by Gasteiger charge is -2.08. The van der Waals surface area contributed by atoms with E-state index in [1.54, 1.807) is 24.0 Å². The Balaban J connectivity index is 0.00000112. The first-order valence-corrected chi connectivity index (χ1v) is 5.55. The Morgan fingerprint density at radius 2 is 2.31 bits per heavy atom. The molecule has 2 N–H and O–H groups in total. The molecule has 1 amide bonds. The zero-order valence-corrected chi connectivity index (χ0v) is 10.8. The fraction of sp³-hybridized carbons (Fsp3) is 0.333. The number of amides is 1. The van der Waals surface area contributed by atoms with Crippen molar-refractivity contribution in [2.24, 2.45) is 0 Å². The van der Waals surface area contributed by atoms with Gasteiger partial charge in [0.25, 0.3) is 0 Å². The van der Waals surface area contributed by atoms with E-state index in [0.717, 1.165) is 11.6 Å². The zero-order valence-electron chi connectivity index (χ0n) is 8.38.